The molecule has 0 saturated heterocycles. The molecule has 4 rings (SSSR count). The highest BCUT2D eigenvalue weighted by Gasteiger charge is 2.21. The standard InChI is InChI=1S/C30H32N4O3/c1-3-4-11-19-33(30(36)24-15-12-18-26(20-24)37-2)22-29(35)31-28-21-27(23-13-7-5-8-14-23)32-34(28)25-16-9-6-10-17-25/h5-10,12-18,20-21H,3-4,11,19,22H2,1-2H3,(H,31,35). The maximum Gasteiger partial charge on any atom is 0.254 e. The number of aromatic nitrogens is 2. The number of carbonyl (C=O) groups is 2. The van der Waals surface area contributed by atoms with Gasteiger partial charge in [-0.1, -0.05) is 74.4 Å². The predicted octanol–water partition coefficient (Wildman–Crippen LogP) is 5.82. The fraction of sp³-hybridized carbons (Fsp3) is 0.233. The zero-order valence-corrected chi connectivity index (χ0v) is 21.3. The molecule has 1 heterocycles. The fourth-order valence-electron chi connectivity index (χ4n) is 4.09. The number of rotatable bonds is 11. The van der Waals surface area contributed by atoms with Crippen molar-refractivity contribution < 1.29 is 14.3 Å². The van der Waals surface area contributed by atoms with Crippen molar-refractivity contribution in [3.63, 3.8) is 0 Å². The number of ether oxygens (including phenoxy) is 1. The van der Waals surface area contributed by atoms with E-state index in [9.17, 15) is 9.59 Å². The van der Waals surface area contributed by atoms with E-state index in [4.69, 9.17) is 9.84 Å². The second-order valence-electron chi connectivity index (χ2n) is 8.74. The normalized spacial score (nSPS) is 10.6. The Labute approximate surface area is 217 Å². The summed E-state index contributed by atoms with van der Waals surface area (Å²) >= 11 is 0. The second-order valence-corrected chi connectivity index (χ2v) is 8.74. The molecule has 0 spiro atoms. The SMILES string of the molecule is CCCCCN(CC(=O)Nc1cc(-c2ccccc2)nn1-c1ccccc1)C(=O)c1cccc(OC)c1. The third-order valence-corrected chi connectivity index (χ3v) is 6.02. The molecular weight excluding hydrogens is 464 g/mol. The van der Waals surface area contributed by atoms with Gasteiger partial charge in [0.2, 0.25) is 5.91 Å². The van der Waals surface area contributed by atoms with Gasteiger partial charge in [0.1, 0.15) is 18.1 Å². The molecule has 0 aliphatic heterocycles. The summed E-state index contributed by atoms with van der Waals surface area (Å²) in [5, 5.41) is 7.74. The molecule has 0 aliphatic carbocycles. The van der Waals surface area contributed by atoms with Gasteiger partial charge in [0.05, 0.1) is 18.5 Å². The zero-order valence-electron chi connectivity index (χ0n) is 21.3. The van der Waals surface area contributed by atoms with Crippen LogP contribution in [0.3, 0.4) is 0 Å². The molecule has 0 aliphatic rings. The van der Waals surface area contributed by atoms with Crippen LogP contribution in [0.1, 0.15) is 36.5 Å². The van der Waals surface area contributed by atoms with Crippen molar-refractivity contribution >= 4 is 17.6 Å². The van der Waals surface area contributed by atoms with Gasteiger partial charge in [0.15, 0.2) is 0 Å². The van der Waals surface area contributed by atoms with Crippen LogP contribution in [0.4, 0.5) is 5.82 Å². The first-order chi connectivity index (χ1) is 18.1. The Balaban J connectivity index is 1.58. The van der Waals surface area contributed by atoms with E-state index in [-0.39, 0.29) is 18.4 Å². The van der Waals surface area contributed by atoms with E-state index < -0.39 is 0 Å². The number of unbranched alkanes of at least 4 members (excludes halogenated alkanes) is 2. The van der Waals surface area contributed by atoms with Gasteiger partial charge in [-0.3, -0.25) is 9.59 Å². The molecule has 0 unspecified atom stereocenters. The first-order valence-electron chi connectivity index (χ1n) is 12.5. The number of nitrogens with zero attached hydrogens (tertiary/aromatic N) is 3. The number of nitrogens with one attached hydrogen (secondary N) is 1. The molecule has 0 atom stereocenters. The molecule has 2 amide bonds. The van der Waals surface area contributed by atoms with E-state index in [2.05, 4.69) is 12.2 Å². The number of hydrogen-bond donors (Lipinski definition) is 1. The first kappa shape index (κ1) is 25.7. The summed E-state index contributed by atoms with van der Waals surface area (Å²) in [6, 6.07) is 28.3. The molecule has 3 aromatic carbocycles. The topological polar surface area (TPSA) is 76.5 Å². The third kappa shape index (κ3) is 6.64. The molecule has 7 heteroatoms. The van der Waals surface area contributed by atoms with Crippen LogP contribution in [-0.2, 0) is 4.79 Å². The molecule has 0 bridgehead atoms. The lowest BCUT2D eigenvalue weighted by molar-refractivity contribution is -0.117. The van der Waals surface area contributed by atoms with E-state index in [0.29, 0.717) is 23.7 Å². The van der Waals surface area contributed by atoms with Crippen molar-refractivity contribution in [3.8, 4) is 22.7 Å². The Morgan fingerprint density at radius 2 is 1.65 bits per heavy atom. The number of amides is 2. The Morgan fingerprint density at radius 3 is 2.35 bits per heavy atom. The van der Waals surface area contributed by atoms with E-state index in [1.165, 1.54) is 0 Å². The Morgan fingerprint density at radius 1 is 0.919 bits per heavy atom. The average molecular weight is 497 g/mol. The van der Waals surface area contributed by atoms with E-state index in [1.54, 1.807) is 41.0 Å². The van der Waals surface area contributed by atoms with Crippen molar-refractivity contribution in [1.29, 1.82) is 0 Å². The summed E-state index contributed by atoms with van der Waals surface area (Å²) in [7, 11) is 1.57. The minimum atomic E-state index is -0.288. The Bertz CT molecular complexity index is 1320. The third-order valence-electron chi connectivity index (χ3n) is 6.02. The van der Waals surface area contributed by atoms with Gasteiger partial charge >= 0.3 is 0 Å². The van der Waals surface area contributed by atoms with Gasteiger partial charge < -0.3 is 15.0 Å². The van der Waals surface area contributed by atoms with E-state index in [0.717, 1.165) is 36.2 Å². The van der Waals surface area contributed by atoms with E-state index in [1.807, 2.05) is 66.7 Å². The van der Waals surface area contributed by atoms with Crippen LogP contribution in [0.15, 0.2) is 91.0 Å². The summed E-state index contributed by atoms with van der Waals surface area (Å²) in [5.41, 5.74) is 3.01. The molecule has 0 fully saturated rings. The van der Waals surface area contributed by atoms with Crippen LogP contribution in [0.25, 0.3) is 16.9 Å². The lowest BCUT2D eigenvalue weighted by atomic mass is 10.1. The van der Waals surface area contributed by atoms with Gasteiger partial charge in [-0.2, -0.15) is 5.10 Å². The summed E-state index contributed by atoms with van der Waals surface area (Å²) in [4.78, 5) is 28.2. The largest absolute Gasteiger partial charge is 0.497 e. The predicted molar refractivity (Wildman–Crippen MR) is 146 cm³/mol. The van der Waals surface area contributed by atoms with Crippen LogP contribution in [0.5, 0.6) is 5.75 Å². The highest BCUT2D eigenvalue weighted by Crippen LogP contribution is 2.25. The Kier molecular flexibility index (Phi) is 8.70. The molecule has 4 aromatic rings. The van der Waals surface area contributed by atoms with Gasteiger partial charge in [-0.05, 0) is 36.8 Å². The fourth-order valence-corrected chi connectivity index (χ4v) is 4.09. The average Bonchev–Trinajstić information content (AvgIpc) is 3.36. The maximum absolute atomic E-state index is 13.3. The van der Waals surface area contributed by atoms with Gasteiger partial charge in [-0.25, -0.2) is 4.68 Å². The summed E-state index contributed by atoms with van der Waals surface area (Å²) in [6.45, 7) is 2.53. The molecule has 7 nitrogen and oxygen atoms in total. The summed E-state index contributed by atoms with van der Waals surface area (Å²) in [5.74, 6) is 0.650. The highest BCUT2D eigenvalue weighted by atomic mass is 16.5. The number of carbonyl (C=O) groups excluding carboxylic acids is 2. The van der Waals surface area contributed by atoms with Gasteiger partial charge in [0, 0.05) is 23.7 Å². The molecule has 1 N–H and O–H groups in total. The number of anilines is 1. The van der Waals surface area contributed by atoms with Crippen LogP contribution in [0.2, 0.25) is 0 Å². The van der Waals surface area contributed by atoms with Crippen LogP contribution in [-0.4, -0.2) is 46.7 Å². The van der Waals surface area contributed by atoms with Crippen LogP contribution in [0, 0.1) is 0 Å². The van der Waals surface area contributed by atoms with Crippen molar-refractivity contribution in [2.24, 2.45) is 0 Å². The summed E-state index contributed by atoms with van der Waals surface area (Å²) < 4.78 is 6.99. The molecule has 0 radical (unpaired) electrons. The van der Waals surface area contributed by atoms with Crippen molar-refractivity contribution in [2.75, 3.05) is 25.5 Å². The van der Waals surface area contributed by atoms with E-state index >= 15 is 0 Å². The molecular formula is C30H32N4O3. The monoisotopic (exact) mass is 496 g/mol. The van der Waals surface area contributed by atoms with Gasteiger partial charge in [0.25, 0.3) is 5.91 Å². The number of para-hydroxylation sites is 1. The lowest BCUT2D eigenvalue weighted by Gasteiger charge is -2.22. The smallest absolute Gasteiger partial charge is 0.254 e. The van der Waals surface area contributed by atoms with Crippen LogP contribution < -0.4 is 10.1 Å². The van der Waals surface area contributed by atoms with Crippen molar-refractivity contribution in [2.45, 2.75) is 26.2 Å². The first-order valence-corrected chi connectivity index (χ1v) is 12.5. The maximum atomic E-state index is 13.3. The molecule has 190 valence electrons. The highest BCUT2D eigenvalue weighted by molar-refractivity contribution is 5.99. The van der Waals surface area contributed by atoms with Crippen molar-refractivity contribution in [3.05, 3.63) is 96.6 Å². The number of methoxy groups -OCH3 is 1. The number of benzene rings is 3. The number of hydrogen-bond acceptors (Lipinski definition) is 4. The van der Waals surface area contributed by atoms with Crippen molar-refractivity contribution in [1.82, 2.24) is 14.7 Å². The molecule has 0 saturated carbocycles. The minimum Gasteiger partial charge on any atom is -0.497 e. The summed E-state index contributed by atoms with van der Waals surface area (Å²) in [6.07, 6.45) is 2.82. The molecule has 37 heavy (non-hydrogen) atoms. The lowest BCUT2D eigenvalue weighted by Crippen LogP contribution is -2.39. The molecule has 1 aromatic heterocycles. The Hall–Kier alpha value is -4.39. The minimum absolute atomic E-state index is 0.0691. The van der Waals surface area contributed by atoms with Gasteiger partial charge in [-0.15, -0.1) is 0 Å². The zero-order chi connectivity index (χ0) is 26.0. The second kappa shape index (κ2) is 12.5. The quantitative estimate of drug-likeness (QED) is 0.266. The van der Waals surface area contributed by atoms with Crippen LogP contribution >= 0.6 is 0 Å².